The molecule has 0 saturated carbocycles. The Labute approximate surface area is 125 Å². The molecule has 0 spiro atoms. The number of rotatable bonds is 7. The summed E-state index contributed by atoms with van der Waals surface area (Å²) in [5.41, 5.74) is 4.49. The Balaban J connectivity index is 2.85. The van der Waals surface area contributed by atoms with E-state index < -0.39 is 21.3 Å². The number of primary amides is 1. The van der Waals surface area contributed by atoms with Gasteiger partial charge in [0.25, 0.3) is 0 Å². The van der Waals surface area contributed by atoms with Gasteiger partial charge in [-0.2, -0.15) is 0 Å². The number of benzene rings is 1. The molecule has 0 aliphatic heterocycles. The third kappa shape index (κ3) is 4.71. The fourth-order valence-corrected chi connectivity index (χ4v) is 2.61. The Morgan fingerprint density at radius 3 is 2.57 bits per heavy atom. The predicted octanol–water partition coefficient (Wildman–Crippen LogP) is 0.711. The van der Waals surface area contributed by atoms with E-state index >= 15 is 0 Å². The maximum absolute atomic E-state index is 11.5. The molecule has 1 aromatic carbocycles. The third-order valence-electron chi connectivity index (χ3n) is 3.36. The summed E-state index contributed by atoms with van der Waals surface area (Å²) < 4.78 is 28.7. The number of hydrogen-bond donors (Lipinski definition) is 2. The number of nitrogens with one attached hydrogen (secondary N) is 1. The Morgan fingerprint density at radius 1 is 1.48 bits per heavy atom. The van der Waals surface area contributed by atoms with Crippen molar-refractivity contribution in [1.82, 2.24) is 5.32 Å². The van der Waals surface area contributed by atoms with Gasteiger partial charge in [-0.15, -0.1) is 0 Å². The quantitative estimate of drug-likeness (QED) is 0.772. The lowest BCUT2D eigenvalue weighted by Gasteiger charge is -2.28. The van der Waals surface area contributed by atoms with Gasteiger partial charge in [0.15, 0.2) is 9.84 Å². The van der Waals surface area contributed by atoms with Crippen molar-refractivity contribution in [3.63, 3.8) is 0 Å². The molecular formula is C14H22N2O4S. The first-order chi connectivity index (χ1) is 9.58. The van der Waals surface area contributed by atoms with Crippen LogP contribution in [0.2, 0.25) is 0 Å². The number of carbonyl (C=O) groups excluding carboxylic acids is 1. The lowest BCUT2D eigenvalue weighted by Crippen LogP contribution is -2.53. The largest absolute Gasteiger partial charge is 0.491 e. The zero-order chi connectivity index (χ0) is 16.3. The SMILES string of the molecule is CNC(C)(CC(C)Oc1cccc(S(C)(=O)=O)c1)C(N)=O. The van der Waals surface area contributed by atoms with E-state index in [0.29, 0.717) is 12.2 Å². The molecule has 0 aromatic heterocycles. The van der Waals surface area contributed by atoms with E-state index in [9.17, 15) is 13.2 Å². The summed E-state index contributed by atoms with van der Waals surface area (Å²) in [6.45, 7) is 3.49. The van der Waals surface area contributed by atoms with Gasteiger partial charge in [0.1, 0.15) is 5.75 Å². The van der Waals surface area contributed by atoms with E-state index in [1.807, 2.05) is 0 Å². The van der Waals surface area contributed by atoms with Crippen LogP contribution in [0.3, 0.4) is 0 Å². The van der Waals surface area contributed by atoms with E-state index in [-0.39, 0.29) is 11.0 Å². The first-order valence-corrected chi connectivity index (χ1v) is 8.43. The minimum absolute atomic E-state index is 0.193. The maximum atomic E-state index is 11.5. The molecule has 21 heavy (non-hydrogen) atoms. The van der Waals surface area contributed by atoms with E-state index in [1.54, 1.807) is 33.0 Å². The summed E-state index contributed by atoms with van der Waals surface area (Å²) >= 11 is 0. The summed E-state index contributed by atoms with van der Waals surface area (Å²) in [4.78, 5) is 11.6. The van der Waals surface area contributed by atoms with Crippen molar-refractivity contribution >= 4 is 15.7 Å². The third-order valence-corrected chi connectivity index (χ3v) is 4.47. The summed E-state index contributed by atoms with van der Waals surface area (Å²) in [7, 11) is -1.63. The van der Waals surface area contributed by atoms with Gasteiger partial charge in [0.05, 0.1) is 16.5 Å². The molecule has 7 heteroatoms. The van der Waals surface area contributed by atoms with E-state index in [4.69, 9.17) is 10.5 Å². The summed E-state index contributed by atoms with van der Waals surface area (Å²) in [6.07, 6.45) is 1.19. The van der Waals surface area contributed by atoms with Crippen molar-refractivity contribution in [1.29, 1.82) is 0 Å². The Bertz CT molecular complexity index is 615. The van der Waals surface area contributed by atoms with Crippen LogP contribution in [0.25, 0.3) is 0 Å². The van der Waals surface area contributed by atoms with E-state index in [0.717, 1.165) is 6.26 Å². The van der Waals surface area contributed by atoms with Gasteiger partial charge >= 0.3 is 0 Å². The summed E-state index contributed by atoms with van der Waals surface area (Å²) in [5, 5.41) is 2.88. The Hall–Kier alpha value is -1.60. The van der Waals surface area contributed by atoms with Gasteiger partial charge in [0.2, 0.25) is 5.91 Å². The molecule has 0 fully saturated rings. The van der Waals surface area contributed by atoms with Crippen molar-refractivity contribution in [3.8, 4) is 5.75 Å². The van der Waals surface area contributed by atoms with Crippen LogP contribution in [-0.2, 0) is 14.6 Å². The molecule has 3 N–H and O–H groups in total. The summed E-state index contributed by atoms with van der Waals surface area (Å²) in [5.74, 6) is -0.0290. The van der Waals surface area contributed by atoms with Crippen LogP contribution in [0.1, 0.15) is 20.3 Å². The number of likely N-dealkylation sites (N-methyl/N-ethyl adjacent to an activating group) is 1. The molecule has 2 unspecified atom stereocenters. The Morgan fingerprint density at radius 2 is 2.10 bits per heavy atom. The standard InChI is InChI=1S/C14H22N2O4S/c1-10(9-14(2,16-3)13(15)17)20-11-6-5-7-12(8-11)21(4,18)19/h5-8,10,16H,9H2,1-4H3,(H2,15,17). The molecule has 0 heterocycles. The minimum Gasteiger partial charge on any atom is -0.491 e. The van der Waals surface area contributed by atoms with Gasteiger partial charge in [-0.3, -0.25) is 4.79 Å². The van der Waals surface area contributed by atoms with Gasteiger partial charge in [-0.1, -0.05) is 6.07 Å². The zero-order valence-electron chi connectivity index (χ0n) is 12.7. The van der Waals surface area contributed by atoms with E-state index in [2.05, 4.69) is 5.32 Å². The average molecular weight is 314 g/mol. The number of amides is 1. The molecule has 0 bridgehead atoms. The van der Waals surface area contributed by atoms with Crippen LogP contribution in [0.15, 0.2) is 29.2 Å². The number of ether oxygens (including phenoxy) is 1. The molecule has 0 saturated heterocycles. The van der Waals surface area contributed by atoms with Crippen molar-refractivity contribution < 1.29 is 17.9 Å². The highest BCUT2D eigenvalue weighted by atomic mass is 32.2. The topological polar surface area (TPSA) is 98.5 Å². The first kappa shape index (κ1) is 17.5. The highest BCUT2D eigenvalue weighted by Crippen LogP contribution is 2.21. The second-order valence-electron chi connectivity index (χ2n) is 5.33. The number of hydrogen-bond acceptors (Lipinski definition) is 5. The van der Waals surface area contributed by atoms with Gasteiger partial charge in [0, 0.05) is 12.7 Å². The fourth-order valence-electron chi connectivity index (χ4n) is 1.95. The second kappa shape index (κ2) is 6.44. The van der Waals surface area contributed by atoms with Crippen LogP contribution >= 0.6 is 0 Å². The fraction of sp³-hybridized carbons (Fsp3) is 0.500. The first-order valence-electron chi connectivity index (χ1n) is 6.54. The normalized spacial score (nSPS) is 16.0. The lowest BCUT2D eigenvalue weighted by molar-refractivity contribution is -0.124. The van der Waals surface area contributed by atoms with Crippen molar-refractivity contribution in [2.75, 3.05) is 13.3 Å². The molecule has 0 radical (unpaired) electrons. The second-order valence-corrected chi connectivity index (χ2v) is 7.34. The predicted molar refractivity (Wildman–Crippen MR) is 80.9 cm³/mol. The number of carbonyl (C=O) groups is 1. The van der Waals surface area contributed by atoms with Crippen LogP contribution in [-0.4, -0.2) is 39.3 Å². The molecule has 0 aliphatic carbocycles. The molecule has 1 rings (SSSR count). The maximum Gasteiger partial charge on any atom is 0.237 e. The molecular weight excluding hydrogens is 292 g/mol. The van der Waals surface area contributed by atoms with E-state index in [1.165, 1.54) is 12.1 Å². The van der Waals surface area contributed by atoms with Crippen LogP contribution in [0.4, 0.5) is 0 Å². The minimum atomic E-state index is -3.28. The van der Waals surface area contributed by atoms with Gasteiger partial charge < -0.3 is 15.8 Å². The zero-order valence-corrected chi connectivity index (χ0v) is 13.5. The van der Waals surface area contributed by atoms with Crippen LogP contribution < -0.4 is 15.8 Å². The lowest BCUT2D eigenvalue weighted by atomic mass is 9.94. The molecule has 1 amide bonds. The van der Waals surface area contributed by atoms with Crippen molar-refractivity contribution in [2.24, 2.45) is 5.73 Å². The molecule has 118 valence electrons. The Kier molecular flexibility index (Phi) is 5.36. The highest BCUT2D eigenvalue weighted by Gasteiger charge is 2.31. The number of sulfone groups is 1. The molecule has 0 aliphatic rings. The van der Waals surface area contributed by atoms with Crippen LogP contribution in [0.5, 0.6) is 5.75 Å². The number of nitrogens with two attached hydrogens (primary N) is 1. The van der Waals surface area contributed by atoms with Crippen molar-refractivity contribution in [3.05, 3.63) is 24.3 Å². The molecule has 2 atom stereocenters. The molecule has 6 nitrogen and oxygen atoms in total. The monoisotopic (exact) mass is 314 g/mol. The molecule has 1 aromatic rings. The smallest absolute Gasteiger partial charge is 0.237 e. The van der Waals surface area contributed by atoms with Crippen LogP contribution in [0, 0.1) is 0 Å². The van der Waals surface area contributed by atoms with Gasteiger partial charge in [-0.25, -0.2) is 8.42 Å². The van der Waals surface area contributed by atoms with Gasteiger partial charge in [-0.05, 0) is 39.1 Å². The average Bonchev–Trinajstić information content (AvgIpc) is 2.37. The summed E-state index contributed by atoms with van der Waals surface area (Å²) in [6, 6.07) is 6.26. The van der Waals surface area contributed by atoms with Crippen molar-refractivity contribution in [2.45, 2.75) is 36.8 Å². The highest BCUT2D eigenvalue weighted by molar-refractivity contribution is 7.90.